The number of benzene rings is 1. The van der Waals surface area contributed by atoms with Crippen LogP contribution in [0.15, 0.2) is 47.1 Å². The first-order valence-corrected chi connectivity index (χ1v) is 10.4. The van der Waals surface area contributed by atoms with Crippen LogP contribution in [0.4, 0.5) is 0 Å². The van der Waals surface area contributed by atoms with E-state index in [1.807, 2.05) is 30.3 Å². The molecule has 0 unspecified atom stereocenters. The molecule has 1 N–H and O–H groups in total. The van der Waals surface area contributed by atoms with Crippen molar-refractivity contribution in [3.05, 3.63) is 54.0 Å². The van der Waals surface area contributed by atoms with E-state index in [4.69, 9.17) is 9.15 Å². The van der Waals surface area contributed by atoms with Crippen molar-refractivity contribution in [3.63, 3.8) is 0 Å². The minimum absolute atomic E-state index is 0.00961. The molecule has 28 heavy (non-hydrogen) atoms. The molecule has 2 heterocycles. The van der Waals surface area contributed by atoms with Crippen molar-refractivity contribution < 1.29 is 18.7 Å². The van der Waals surface area contributed by atoms with Crippen LogP contribution in [0.2, 0.25) is 0 Å². The molecular weight excluding hydrogens is 376 g/mol. The van der Waals surface area contributed by atoms with Gasteiger partial charge in [-0.05, 0) is 42.2 Å². The van der Waals surface area contributed by atoms with Crippen LogP contribution in [-0.2, 0) is 16.1 Å². The Bertz CT molecular complexity index is 789. The average molecular weight is 403 g/mol. The van der Waals surface area contributed by atoms with E-state index in [1.165, 1.54) is 0 Å². The third-order valence-corrected chi connectivity index (χ3v) is 5.88. The Morgan fingerprint density at radius 2 is 2.07 bits per heavy atom. The highest BCUT2D eigenvalue weighted by Crippen LogP contribution is 2.41. The van der Waals surface area contributed by atoms with Crippen LogP contribution in [0.25, 0.3) is 0 Å². The maximum Gasteiger partial charge on any atom is 0.243 e. The van der Waals surface area contributed by atoms with Gasteiger partial charge in [0.2, 0.25) is 11.8 Å². The van der Waals surface area contributed by atoms with Crippen molar-refractivity contribution in [3.8, 4) is 5.75 Å². The largest absolute Gasteiger partial charge is 0.497 e. The molecule has 3 rings (SSSR count). The zero-order valence-electron chi connectivity index (χ0n) is 16.4. The second-order valence-corrected chi connectivity index (χ2v) is 8.25. The van der Waals surface area contributed by atoms with E-state index in [0.29, 0.717) is 24.5 Å². The third kappa shape index (κ3) is 4.70. The van der Waals surface area contributed by atoms with Crippen LogP contribution in [0.1, 0.15) is 37.0 Å². The molecule has 1 aliphatic rings. The van der Waals surface area contributed by atoms with E-state index < -0.39 is 6.04 Å². The molecule has 0 radical (unpaired) electrons. The summed E-state index contributed by atoms with van der Waals surface area (Å²) in [6.07, 6.45) is 2.18. The average Bonchev–Trinajstić information content (AvgIpc) is 3.34. The smallest absolute Gasteiger partial charge is 0.243 e. The zero-order chi connectivity index (χ0) is 20.1. The van der Waals surface area contributed by atoms with Gasteiger partial charge in [-0.1, -0.05) is 26.0 Å². The minimum Gasteiger partial charge on any atom is -0.497 e. The van der Waals surface area contributed by atoms with Gasteiger partial charge in [-0.3, -0.25) is 9.59 Å². The molecule has 1 fully saturated rings. The summed E-state index contributed by atoms with van der Waals surface area (Å²) in [5.74, 6) is 1.93. The molecule has 0 saturated carbocycles. The summed E-state index contributed by atoms with van der Waals surface area (Å²) in [5.41, 5.74) is 0.990. The Morgan fingerprint density at radius 3 is 2.68 bits per heavy atom. The molecule has 0 bridgehead atoms. The Hall–Kier alpha value is -2.41. The van der Waals surface area contributed by atoms with Crippen molar-refractivity contribution in [2.75, 3.05) is 12.9 Å². The zero-order valence-corrected chi connectivity index (χ0v) is 17.2. The van der Waals surface area contributed by atoms with E-state index in [-0.39, 0.29) is 23.1 Å². The quantitative estimate of drug-likeness (QED) is 0.731. The van der Waals surface area contributed by atoms with E-state index in [2.05, 4.69) is 19.2 Å². The highest BCUT2D eigenvalue weighted by molar-refractivity contribution is 8.00. The molecule has 2 amide bonds. The number of carbonyl (C=O) groups excluding carboxylic acids is 2. The van der Waals surface area contributed by atoms with Crippen LogP contribution < -0.4 is 10.1 Å². The molecule has 0 aliphatic carbocycles. The second kappa shape index (κ2) is 9.19. The number of amides is 2. The Morgan fingerprint density at radius 1 is 1.32 bits per heavy atom. The summed E-state index contributed by atoms with van der Waals surface area (Å²) in [4.78, 5) is 27.5. The van der Waals surface area contributed by atoms with Crippen LogP contribution in [0.5, 0.6) is 5.75 Å². The van der Waals surface area contributed by atoms with Crippen LogP contribution in [-0.4, -0.2) is 35.6 Å². The highest BCUT2D eigenvalue weighted by atomic mass is 32.2. The summed E-state index contributed by atoms with van der Waals surface area (Å²) in [5, 5.41) is 2.74. The van der Waals surface area contributed by atoms with E-state index >= 15 is 0 Å². The van der Waals surface area contributed by atoms with Crippen LogP contribution in [0.3, 0.4) is 0 Å². The van der Waals surface area contributed by atoms with Gasteiger partial charge >= 0.3 is 0 Å². The molecule has 2 aromatic rings. The number of ether oxygens (including phenoxy) is 1. The number of furan rings is 1. The maximum atomic E-state index is 13.0. The predicted molar refractivity (Wildman–Crippen MR) is 109 cm³/mol. The van der Waals surface area contributed by atoms with Crippen molar-refractivity contribution >= 4 is 23.6 Å². The molecule has 150 valence electrons. The lowest BCUT2D eigenvalue weighted by Gasteiger charge is -2.33. The number of methoxy groups -OCH3 is 1. The normalized spacial score (nSPS) is 17.8. The molecule has 0 spiro atoms. The lowest BCUT2D eigenvalue weighted by atomic mass is 10.0. The number of nitrogens with zero attached hydrogens (tertiary/aromatic N) is 1. The highest BCUT2D eigenvalue weighted by Gasteiger charge is 2.41. The van der Waals surface area contributed by atoms with Gasteiger partial charge < -0.3 is 19.4 Å². The van der Waals surface area contributed by atoms with Gasteiger partial charge in [-0.2, -0.15) is 0 Å². The first-order chi connectivity index (χ1) is 13.5. The lowest BCUT2D eigenvalue weighted by molar-refractivity contribution is -0.139. The number of carbonyl (C=O) groups is 2. The first-order valence-electron chi connectivity index (χ1n) is 9.36. The fourth-order valence-corrected chi connectivity index (χ4v) is 4.52. The Labute approximate surface area is 169 Å². The third-order valence-electron chi connectivity index (χ3n) is 4.66. The Kier molecular flexibility index (Phi) is 6.67. The van der Waals surface area contributed by atoms with Gasteiger partial charge in [0.1, 0.15) is 22.9 Å². The number of hydrogen-bond donors (Lipinski definition) is 1. The maximum absolute atomic E-state index is 13.0. The predicted octanol–water partition coefficient (Wildman–Crippen LogP) is 3.59. The summed E-state index contributed by atoms with van der Waals surface area (Å²) >= 11 is 1.55. The lowest BCUT2D eigenvalue weighted by Crippen LogP contribution is -2.49. The van der Waals surface area contributed by atoms with Gasteiger partial charge in [0.15, 0.2) is 0 Å². The summed E-state index contributed by atoms with van der Waals surface area (Å²) in [6.45, 7) is 4.43. The fraction of sp³-hybridized carbons (Fsp3) is 0.429. The van der Waals surface area contributed by atoms with Crippen molar-refractivity contribution in [2.24, 2.45) is 5.92 Å². The fourth-order valence-electron chi connectivity index (χ4n) is 3.30. The number of hydrogen-bond acceptors (Lipinski definition) is 5. The van der Waals surface area contributed by atoms with Gasteiger partial charge in [0.05, 0.1) is 25.7 Å². The molecule has 7 heteroatoms. The van der Waals surface area contributed by atoms with E-state index in [1.54, 1.807) is 36.1 Å². The molecule has 1 saturated heterocycles. The van der Waals surface area contributed by atoms with Crippen molar-refractivity contribution in [1.29, 1.82) is 0 Å². The summed E-state index contributed by atoms with van der Waals surface area (Å²) in [7, 11) is 1.62. The number of nitrogens with one attached hydrogen (secondary N) is 1. The summed E-state index contributed by atoms with van der Waals surface area (Å²) in [6, 6.07) is 10.7. The van der Waals surface area contributed by atoms with Crippen LogP contribution in [0, 0.1) is 5.92 Å². The molecular formula is C21H26N2O4S. The van der Waals surface area contributed by atoms with E-state index in [0.717, 1.165) is 11.3 Å². The Balaban J connectivity index is 1.80. The monoisotopic (exact) mass is 402 g/mol. The summed E-state index contributed by atoms with van der Waals surface area (Å²) < 4.78 is 10.5. The van der Waals surface area contributed by atoms with Gasteiger partial charge in [0, 0.05) is 0 Å². The van der Waals surface area contributed by atoms with Gasteiger partial charge in [-0.25, -0.2) is 0 Å². The first kappa shape index (κ1) is 20.3. The van der Waals surface area contributed by atoms with Crippen LogP contribution >= 0.6 is 11.8 Å². The van der Waals surface area contributed by atoms with Crippen molar-refractivity contribution in [2.45, 2.75) is 38.2 Å². The molecule has 2 atom stereocenters. The molecule has 1 aromatic heterocycles. The molecule has 1 aromatic carbocycles. The van der Waals surface area contributed by atoms with Gasteiger partial charge in [0.25, 0.3) is 0 Å². The molecule has 6 nitrogen and oxygen atoms in total. The standard InChI is InChI=1S/C21H26N2O4S/c1-14(2)11-18(20(25)22-12-17-5-4-10-27-17)23-19(24)13-28-21(23)15-6-8-16(26-3)9-7-15/h4-10,14,18,21H,11-13H2,1-3H3,(H,22,25)/t18-,21+/m0/s1. The van der Waals surface area contributed by atoms with Gasteiger partial charge in [-0.15, -0.1) is 11.8 Å². The minimum atomic E-state index is -0.524. The second-order valence-electron chi connectivity index (χ2n) is 7.18. The number of rotatable bonds is 8. The topological polar surface area (TPSA) is 71.8 Å². The number of thioether (sulfide) groups is 1. The SMILES string of the molecule is COc1ccc([C@H]2SCC(=O)N2[C@@H](CC(C)C)C(=O)NCc2ccco2)cc1. The molecule has 1 aliphatic heterocycles. The van der Waals surface area contributed by atoms with Crippen molar-refractivity contribution in [1.82, 2.24) is 10.2 Å². The van der Waals surface area contributed by atoms with E-state index in [9.17, 15) is 9.59 Å².